The fourth-order valence-corrected chi connectivity index (χ4v) is 3.98. The molecular formula is C22H26ClN5O. The van der Waals surface area contributed by atoms with E-state index in [1.54, 1.807) is 4.68 Å². The van der Waals surface area contributed by atoms with Crippen LogP contribution >= 0.6 is 12.4 Å². The molecule has 152 valence electrons. The number of carbonyl (C=O) groups excluding carboxylic acids is 1. The maximum Gasteiger partial charge on any atom is 0.228 e. The molecule has 1 aromatic heterocycles. The molecule has 2 atom stereocenters. The highest BCUT2D eigenvalue weighted by molar-refractivity contribution is 5.85. The highest BCUT2D eigenvalue weighted by Crippen LogP contribution is 2.32. The summed E-state index contributed by atoms with van der Waals surface area (Å²) in [4.78, 5) is 14.9. The van der Waals surface area contributed by atoms with E-state index in [0.717, 1.165) is 17.1 Å². The number of hydrogen-bond donors (Lipinski definition) is 1. The monoisotopic (exact) mass is 411 g/mol. The van der Waals surface area contributed by atoms with Gasteiger partial charge in [-0.3, -0.25) is 4.79 Å². The van der Waals surface area contributed by atoms with Crippen LogP contribution in [0.2, 0.25) is 0 Å². The second-order valence-corrected chi connectivity index (χ2v) is 7.36. The average molecular weight is 412 g/mol. The number of para-hydroxylation sites is 1. The van der Waals surface area contributed by atoms with E-state index < -0.39 is 0 Å². The zero-order valence-corrected chi connectivity index (χ0v) is 17.3. The lowest BCUT2D eigenvalue weighted by atomic mass is 9.89. The minimum atomic E-state index is 0. The first kappa shape index (κ1) is 21.0. The molecule has 4 rings (SSSR count). The molecular weight excluding hydrogens is 386 g/mol. The average Bonchev–Trinajstić information content (AvgIpc) is 3.33. The predicted molar refractivity (Wildman–Crippen MR) is 115 cm³/mol. The SMILES string of the molecule is Cc1c(CC(=O)N2C[C@@H](CN)[C@H](c3ccccc3)C2)nnn1-c1ccccc1.Cl. The zero-order valence-electron chi connectivity index (χ0n) is 16.4. The molecule has 6 nitrogen and oxygen atoms in total. The zero-order chi connectivity index (χ0) is 19.5. The summed E-state index contributed by atoms with van der Waals surface area (Å²) in [6.07, 6.45) is 0.261. The molecule has 2 N–H and O–H groups in total. The van der Waals surface area contributed by atoms with E-state index >= 15 is 0 Å². The third-order valence-electron chi connectivity index (χ3n) is 5.63. The molecule has 3 aromatic rings. The van der Waals surface area contributed by atoms with Crippen molar-refractivity contribution in [1.29, 1.82) is 0 Å². The number of nitrogens with two attached hydrogens (primary N) is 1. The quantitative estimate of drug-likeness (QED) is 0.700. The number of hydrogen-bond acceptors (Lipinski definition) is 4. The van der Waals surface area contributed by atoms with Crippen molar-refractivity contribution in [2.45, 2.75) is 19.3 Å². The van der Waals surface area contributed by atoms with Gasteiger partial charge in [-0.25, -0.2) is 4.68 Å². The number of aromatic nitrogens is 3. The van der Waals surface area contributed by atoms with E-state index in [4.69, 9.17) is 5.73 Å². The lowest BCUT2D eigenvalue weighted by molar-refractivity contribution is -0.129. The number of rotatable bonds is 5. The first-order chi connectivity index (χ1) is 13.7. The number of halogens is 1. The third-order valence-corrected chi connectivity index (χ3v) is 5.63. The van der Waals surface area contributed by atoms with Crippen molar-refractivity contribution in [1.82, 2.24) is 19.9 Å². The summed E-state index contributed by atoms with van der Waals surface area (Å²) in [6, 6.07) is 20.2. The minimum Gasteiger partial charge on any atom is -0.341 e. The molecule has 2 heterocycles. The molecule has 0 unspecified atom stereocenters. The molecule has 1 aliphatic heterocycles. The van der Waals surface area contributed by atoms with Crippen LogP contribution in [0.15, 0.2) is 60.7 Å². The lowest BCUT2D eigenvalue weighted by Crippen LogP contribution is -2.31. The van der Waals surface area contributed by atoms with E-state index in [2.05, 4.69) is 22.4 Å². The first-order valence-corrected chi connectivity index (χ1v) is 9.66. The van der Waals surface area contributed by atoms with Crippen LogP contribution in [0, 0.1) is 12.8 Å². The van der Waals surface area contributed by atoms with E-state index in [1.807, 2.05) is 60.4 Å². The van der Waals surface area contributed by atoms with Gasteiger partial charge in [0, 0.05) is 19.0 Å². The van der Waals surface area contributed by atoms with Crippen LogP contribution in [0.5, 0.6) is 0 Å². The molecule has 0 spiro atoms. The Kier molecular flexibility index (Phi) is 6.67. The van der Waals surface area contributed by atoms with Crippen LogP contribution < -0.4 is 5.73 Å². The van der Waals surface area contributed by atoms with Crippen molar-refractivity contribution in [3.05, 3.63) is 77.6 Å². The van der Waals surface area contributed by atoms with Crippen molar-refractivity contribution >= 4 is 18.3 Å². The van der Waals surface area contributed by atoms with Gasteiger partial charge in [-0.15, -0.1) is 17.5 Å². The second-order valence-electron chi connectivity index (χ2n) is 7.36. The Labute approximate surface area is 177 Å². The van der Waals surface area contributed by atoms with Crippen molar-refractivity contribution in [2.24, 2.45) is 11.7 Å². The van der Waals surface area contributed by atoms with Crippen molar-refractivity contribution in [3.63, 3.8) is 0 Å². The molecule has 7 heteroatoms. The number of carbonyl (C=O) groups is 1. The predicted octanol–water partition coefficient (Wildman–Crippen LogP) is 2.74. The Morgan fingerprint density at radius 2 is 1.72 bits per heavy atom. The van der Waals surface area contributed by atoms with Crippen LogP contribution in [-0.4, -0.2) is 45.4 Å². The standard InChI is InChI=1S/C22H25N5O.ClH/c1-16-21(24-25-27(16)19-10-6-3-7-11-19)12-22(28)26-14-18(13-23)20(15-26)17-8-4-2-5-9-17;/h2-11,18,20H,12-15,23H2,1H3;1H/t18-,20+;/m1./s1. The largest absolute Gasteiger partial charge is 0.341 e. The van der Waals surface area contributed by atoms with E-state index in [1.165, 1.54) is 5.56 Å². The second kappa shape index (κ2) is 9.20. The van der Waals surface area contributed by atoms with Gasteiger partial charge in [-0.2, -0.15) is 0 Å². The molecule has 0 saturated carbocycles. The topological polar surface area (TPSA) is 77.0 Å². The number of nitrogens with zero attached hydrogens (tertiary/aromatic N) is 4. The van der Waals surface area contributed by atoms with Gasteiger partial charge in [0.05, 0.1) is 23.5 Å². The molecule has 29 heavy (non-hydrogen) atoms. The van der Waals surface area contributed by atoms with E-state index in [9.17, 15) is 4.79 Å². The summed E-state index contributed by atoms with van der Waals surface area (Å²) in [5.74, 6) is 0.656. The number of benzene rings is 2. The van der Waals surface area contributed by atoms with Crippen LogP contribution in [0.1, 0.15) is 22.9 Å². The fourth-order valence-electron chi connectivity index (χ4n) is 3.98. The fraction of sp³-hybridized carbons (Fsp3) is 0.318. The van der Waals surface area contributed by atoms with Gasteiger partial charge >= 0.3 is 0 Å². The summed E-state index contributed by atoms with van der Waals surface area (Å²) in [7, 11) is 0. The van der Waals surface area contributed by atoms with Crippen molar-refractivity contribution in [2.75, 3.05) is 19.6 Å². The Balaban J connectivity index is 0.00000240. The molecule has 1 saturated heterocycles. The van der Waals surface area contributed by atoms with Gasteiger partial charge in [0.15, 0.2) is 0 Å². The normalized spacial score (nSPS) is 18.5. The Morgan fingerprint density at radius 3 is 2.38 bits per heavy atom. The Hall–Kier alpha value is -2.70. The van der Waals surface area contributed by atoms with E-state index in [0.29, 0.717) is 19.6 Å². The minimum absolute atomic E-state index is 0. The van der Waals surface area contributed by atoms with Gasteiger partial charge in [-0.05, 0) is 37.1 Å². The number of amides is 1. The van der Waals surface area contributed by atoms with Crippen LogP contribution in [0.3, 0.4) is 0 Å². The van der Waals surface area contributed by atoms with Crippen LogP contribution in [0.25, 0.3) is 5.69 Å². The van der Waals surface area contributed by atoms with Gasteiger partial charge in [-0.1, -0.05) is 53.7 Å². The lowest BCUT2D eigenvalue weighted by Gasteiger charge is -2.16. The summed E-state index contributed by atoms with van der Waals surface area (Å²) < 4.78 is 1.78. The van der Waals surface area contributed by atoms with Gasteiger partial charge < -0.3 is 10.6 Å². The molecule has 1 fully saturated rings. The molecule has 2 aromatic carbocycles. The van der Waals surface area contributed by atoms with Gasteiger partial charge in [0.2, 0.25) is 5.91 Å². The van der Waals surface area contributed by atoms with Gasteiger partial charge in [0.1, 0.15) is 0 Å². The molecule has 1 amide bonds. The molecule has 1 aliphatic rings. The maximum absolute atomic E-state index is 13.0. The highest BCUT2D eigenvalue weighted by Gasteiger charge is 2.35. The molecule has 0 bridgehead atoms. The summed E-state index contributed by atoms with van der Waals surface area (Å²) in [5.41, 5.74) is 9.82. The Bertz CT molecular complexity index is 944. The summed E-state index contributed by atoms with van der Waals surface area (Å²) in [6.45, 7) is 3.93. The number of likely N-dealkylation sites (tertiary alicyclic amines) is 1. The maximum atomic E-state index is 13.0. The van der Waals surface area contributed by atoms with Gasteiger partial charge in [0.25, 0.3) is 0 Å². The smallest absolute Gasteiger partial charge is 0.228 e. The highest BCUT2D eigenvalue weighted by atomic mass is 35.5. The van der Waals surface area contributed by atoms with E-state index in [-0.39, 0.29) is 36.6 Å². The summed E-state index contributed by atoms with van der Waals surface area (Å²) in [5, 5.41) is 8.50. The molecule has 0 aliphatic carbocycles. The van der Waals surface area contributed by atoms with Crippen molar-refractivity contribution < 1.29 is 4.79 Å². The van der Waals surface area contributed by atoms with Crippen LogP contribution in [-0.2, 0) is 11.2 Å². The summed E-state index contributed by atoms with van der Waals surface area (Å²) >= 11 is 0. The van der Waals surface area contributed by atoms with Crippen LogP contribution in [0.4, 0.5) is 0 Å². The Morgan fingerprint density at radius 1 is 1.07 bits per heavy atom. The van der Waals surface area contributed by atoms with Crippen molar-refractivity contribution in [3.8, 4) is 5.69 Å². The molecule has 0 radical (unpaired) electrons. The first-order valence-electron chi connectivity index (χ1n) is 9.66. The third kappa shape index (κ3) is 4.33.